The fourth-order valence-electron chi connectivity index (χ4n) is 11.6. The highest BCUT2D eigenvalue weighted by atomic mass is 32.1. The van der Waals surface area contributed by atoms with Crippen molar-refractivity contribution >= 4 is 53.4 Å². The first-order valence-electron chi connectivity index (χ1n) is 17.8. The molecule has 1 nitrogen and oxygen atoms in total. The van der Waals surface area contributed by atoms with Gasteiger partial charge in [0.05, 0.1) is 0 Å². The van der Waals surface area contributed by atoms with Crippen LogP contribution in [-0.2, 0) is 5.41 Å². The van der Waals surface area contributed by atoms with Crippen LogP contribution in [0.2, 0.25) is 0 Å². The highest BCUT2D eigenvalue weighted by Gasteiger charge is 2.62. The third-order valence-electron chi connectivity index (χ3n) is 13.0. The lowest BCUT2D eigenvalue weighted by Gasteiger charge is -2.61. The van der Waals surface area contributed by atoms with Crippen molar-refractivity contribution < 1.29 is 4.42 Å². The quantitative estimate of drug-likeness (QED) is 0.184. The molecule has 0 N–H and O–H groups in total. The highest BCUT2D eigenvalue weighted by Crippen LogP contribution is 2.70. The SMILES string of the molecule is c1ccc2c(c1)-c1cc(-c3cccc4sc5ccccc5c34)cc(-c3ccc4oc5ccccc5c4c3)c1C21C2CC3C[C@H](C2)C[C@H]1C3. The molecule has 5 aliphatic rings. The Morgan fingerprint density at radius 2 is 1.19 bits per heavy atom. The van der Waals surface area contributed by atoms with Gasteiger partial charge in [0, 0.05) is 36.4 Å². The first kappa shape index (κ1) is 26.3. The average Bonchev–Trinajstić information content (AvgIpc) is 3.78. The first-order valence-corrected chi connectivity index (χ1v) is 18.7. The summed E-state index contributed by atoms with van der Waals surface area (Å²) >= 11 is 1.91. The van der Waals surface area contributed by atoms with Crippen molar-refractivity contribution in [3.05, 3.63) is 132 Å². The molecule has 0 radical (unpaired) electrons. The van der Waals surface area contributed by atoms with Crippen LogP contribution in [-0.4, -0.2) is 0 Å². The van der Waals surface area contributed by atoms with Gasteiger partial charge in [-0.15, -0.1) is 11.3 Å². The number of rotatable bonds is 2. The van der Waals surface area contributed by atoms with E-state index in [4.69, 9.17) is 4.42 Å². The van der Waals surface area contributed by atoms with Crippen molar-refractivity contribution in [2.24, 2.45) is 23.7 Å². The van der Waals surface area contributed by atoms with E-state index in [9.17, 15) is 0 Å². The van der Waals surface area contributed by atoms with Crippen molar-refractivity contribution in [1.29, 1.82) is 0 Å². The summed E-state index contributed by atoms with van der Waals surface area (Å²) in [7, 11) is 0. The zero-order valence-corrected chi connectivity index (χ0v) is 27.5. The number of benzene rings is 6. The molecule has 0 aliphatic heterocycles. The number of hydrogen-bond acceptors (Lipinski definition) is 2. The summed E-state index contributed by atoms with van der Waals surface area (Å²) in [6, 6.07) is 46.1. The standard InChI is InChI=1S/C46H34OS/c1-4-12-39-33(8-1)38-25-29(32-11-7-15-43-44(32)35-10-3-6-14-42(35)48-43)24-36(28-16-17-41-37(23-28)34-9-2-5-13-40(34)47-41)45(38)46(39)30-19-26-18-27(21-30)22-31(46)20-26/h1-17,23-27,30-31H,18-22H2/t26-,27?,30-,31?,46?/m0/s1. The van der Waals surface area contributed by atoms with Gasteiger partial charge in [-0.05, 0) is 143 Å². The van der Waals surface area contributed by atoms with Crippen LogP contribution < -0.4 is 0 Å². The van der Waals surface area contributed by atoms with E-state index in [0.717, 1.165) is 23.0 Å². The van der Waals surface area contributed by atoms with Gasteiger partial charge in [0.25, 0.3) is 0 Å². The molecule has 13 rings (SSSR count). The Balaban J connectivity index is 1.21. The maximum Gasteiger partial charge on any atom is 0.135 e. The van der Waals surface area contributed by atoms with Crippen LogP contribution in [0, 0.1) is 23.7 Å². The van der Waals surface area contributed by atoms with Gasteiger partial charge >= 0.3 is 0 Å². The van der Waals surface area contributed by atoms with Crippen molar-refractivity contribution in [3.63, 3.8) is 0 Å². The average molecular weight is 635 g/mol. The van der Waals surface area contributed by atoms with E-state index in [1.54, 1.807) is 11.1 Å². The van der Waals surface area contributed by atoms with E-state index in [1.807, 2.05) is 11.3 Å². The maximum absolute atomic E-state index is 6.35. The van der Waals surface area contributed by atoms with E-state index in [0.29, 0.717) is 11.8 Å². The molecule has 4 saturated carbocycles. The van der Waals surface area contributed by atoms with Gasteiger partial charge in [-0.2, -0.15) is 0 Å². The number of hydrogen-bond donors (Lipinski definition) is 0. The normalized spacial score (nSPS) is 25.2. The second kappa shape index (κ2) is 9.27. The summed E-state index contributed by atoms with van der Waals surface area (Å²) in [6.07, 6.45) is 6.99. The molecule has 230 valence electrons. The molecule has 48 heavy (non-hydrogen) atoms. The summed E-state index contributed by atoms with van der Waals surface area (Å²) in [5.41, 5.74) is 13.6. The Morgan fingerprint density at radius 1 is 0.500 bits per heavy atom. The Labute approximate surface area is 283 Å². The smallest absolute Gasteiger partial charge is 0.135 e. The minimum Gasteiger partial charge on any atom is -0.456 e. The van der Waals surface area contributed by atoms with Gasteiger partial charge < -0.3 is 4.42 Å². The molecule has 8 aromatic rings. The van der Waals surface area contributed by atoms with Gasteiger partial charge in [0.2, 0.25) is 0 Å². The Hall–Kier alpha value is -4.66. The molecule has 0 amide bonds. The predicted octanol–water partition coefficient (Wildman–Crippen LogP) is 13.0. The Kier molecular flexibility index (Phi) is 5.08. The monoisotopic (exact) mass is 634 g/mol. The van der Waals surface area contributed by atoms with Crippen molar-refractivity contribution in [3.8, 4) is 33.4 Å². The fourth-order valence-corrected chi connectivity index (χ4v) is 12.7. The molecule has 4 fully saturated rings. The number of fused-ring (bicyclic) bond motifs is 9. The number of para-hydroxylation sites is 1. The van der Waals surface area contributed by atoms with Crippen LogP contribution in [0.15, 0.2) is 126 Å². The molecule has 4 bridgehead atoms. The second-order valence-electron chi connectivity index (χ2n) is 15.3. The largest absolute Gasteiger partial charge is 0.456 e. The van der Waals surface area contributed by atoms with E-state index in [-0.39, 0.29) is 5.41 Å². The predicted molar refractivity (Wildman–Crippen MR) is 201 cm³/mol. The van der Waals surface area contributed by atoms with Gasteiger partial charge in [0.1, 0.15) is 11.2 Å². The Bertz CT molecular complexity index is 2620. The van der Waals surface area contributed by atoms with Gasteiger partial charge in [-0.3, -0.25) is 0 Å². The lowest BCUT2D eigenvalue weighted by Crippen LogP contribution is -2.55. The third-order valence-corrected chi connectivity index (χ3v) is 14.2. The van der Waals surface area contributed by atoms with Crippen LogP contribution in [0.4, 0.5) is 0 Å². The lowest BCUT2D eigenvalue weighted by molar-refractivity contribution is -0.0397. The van der Waals surface area contributed by atoms with Crippen LogP contribution in [0.25, 0.3) is 75.5 Å². The number of thiophene rings is 1. The van der Waals surface area contributed by atoms with Gasteiger partial charge in [0.15, 0.2) is 0 Å². The molecule has 5 aliphatic carbocycles. The summed E-state index contributed by atoms with van der Waals surface area (Å²) in [5.74, 6) is 3.25. The highest BCUT2D eigenvalue weighted by molar-refractivity contribution is 7.25. The minimum absolute atomic E-state index is 0.0850. The molecule has 0 atom stereocenters. The van der Waals surface area contributed by atoms with E-state index < -0.39 is 0 Å². The minimum atomic E-state index is 0.0850. The van der Waals surface area contributed by atoms with Crippen molar-refractivity contribution in [2.75, 3.05) is 0 Å². The van der Waals surface area contributed by atoms with Crippen molar-refractivity contribution in [1.82, 2.24) is 0 Å². The van der Waals surface area contributed by atoms with Crippen LogP contribution in [0.3, 0.4) is 0 Å². The fraction of sp³-hybridized carbons (Fsp3) is 0.217. The maximum atomic E-state index is 6.35. The Morgan fingerprint density at radius 3 is 2.06 bits per heavy atom. The molecule has 2 heterocycles. The first-order chi connectivity index (χ1) is 23.7. The van der Waals surface area contributed by atoms with Crippen LogP contribution in [0.1, 0.15) is 43.2 Å². The molecular formula is C46H34OS. The molecule has 6 aromatic carbocycles. The lowest BCUT2D eigenvalue weighted by atomic mass is 9.42. The van der Waals surface area contributed by atoms with E-state index >= 15 is 0 Å². The zero-order chi connectivity index (χ0) is 31.1. The molecule has 0 saturated heterocycles. The van der Waals surface area contributed by atoms with Crippen LogP contribution >= 0.6 is 11.3 Å². The van der Waals surface area contributed by atoms with E-state index in [1.165, 1.54) is 96.4 Å². The summed E-state index contributed by atoms with van der Waals surface area (Å²) < 4.78 is 9.07. The van der Waals surface area contributed by atoms with Gasteiger partial charge in [-0.1, -0.05) is 78.9 Å². The second-order valence-corrected chi connectivity index (χ2v) is 16.3. The molecule has 2 aromatic heterocycles. The van der Waals surface area contributed by atoms with Crippen molar-refractivity contribution in [2.45, 2.75) is 37.5 Å². The molecule has 0 unspecified atom stereocenters. The van der Waals surface area contributed by atoms with E-state index in [2.05, 4.69) is 121 Å². The molecule has 1 spiro atoms. The third kappa shape index (κ3) is 3.27. The summed E-state index contributed by atoms with van der Waals surface area (Å²) in [6.45, 7) is 0. The summed E-state index contributed by atoms with van der Waals surface area (Å²) in [5, 5.41) is 5.15. The molecule has 2 heteroatoms. The topological polar surface area (TPSA) is 13.1 Å². The zero-order valence-electron chi connectivity index (χ0n) is 26.7. The van der Waals surface area contributed by atoms with Crippen LogP contribution in [0.5, 0.6) is 0 Å². The number of furan rings is 1. The van der Waals surface area contributed by atoms with Gasteiger partial charge in [-0.25, -0.2) is 0 Å². The summed E-state index contributed by atoms with van der Waals surface area (Å²) in [4.78, 5) is 0. The molecular weight excluding hydrogens is 601 g/mol.